The summed E-state index contributed by atoms with van der Waals surface area (Å²) in [5, 5.41) is 0. The fourth-order valence-electron chi connectivity index (χ4n) is 2.10. The average Bonchev–Trinajstić information content (AvgIpc) is 2.48. The summed E-state index contributed by atoms with van der Waals surface area (Å²) >= 11 is 0. The fraction of sp³-hybridized carbons (Fsp3) is 0.833. The highest BCUT2D eigenvalue weighted by molar-refractivity contribution is 5.71. The van der Waals surface area contributed by atoms with Crippen LogP contribution in [0.1, 0.15) is 46.5 Å². The molecule has 1 aliphatic rings. The van der Waals surface area contributed by atoms with Crippen molar-refractivity contribution in [3.8, 4) is 0 Å². The Morgan fingerprint density at radius 1 is 1.40 bits per heavy atom. The summed E-state index contributed by atoms with van der Waals surface area (Å²) < 4.78 is 5.24. The fourth-order valence-corrected chi connectivity index (χ4v) is 2.10. The van der Waals surface area contributed by atoms with Gasteiger partial charge in [-0.25, -0.2) is 0 Å². The van der Waals surface area contributed by atoms with Crippen LogP contribution in [-0.4, -0.2) is 17.9 Å². The van der Waals surface area contributed by atoms with Gasteiger partial charge in [0.1, 0.15) is 11.9 Å². The zero-order valence-electron chi connectivity index (χ0n) is 9.79. The molecule has 0 saturated heterocycles. The van der Waals surface area contributed by atoms with Crippen molar-refractivity contribution in [2.45, 2.75) is 52.1 Å². The van der Waals surface area contributed by atoms with E-state index in [1.807, 2.05) is 20.8 Å². The third-order valence-corrected chi connectivity index (χ3v) is 2.74. The Labute approximate surface area is 91.2 Å². The number of carbonyl (C=O) groups excluding carboxylic acids is 2. The van der Waals surface area contributed by atoms with E-state index in [1.54, 1.807) is 0 Å². The molecule has 15 heavy (non-hydrogen) atoms. The van der Waals surface area contributed by atoms with Gasteiger partial charge < -0.3 is 9.53 Å². The van der Waals surface area contributed by atoms with Gasteiger partial charge in [-0.05, 0) is 39.5 Å². The highest BCUT2D eigenvalue weighted by Crippen LogP contribution is 2.33. The van der Waals surface area contributed by atoms with Crippen molar-refractivity contribution >= 4 is 12.3 Å². The second-order valence-corrected chi connectivity index (χ2v) is 5.28. The predicted octanol–water partition coefficient (Wildman–Crippen LogP) is 2.33. The molecule has 0 aromatic carbocycles. The van der Waals surface area contributed by atoms with Crippen molar-refractivity contribution in [1.29, 1.82) is 0 Å². The van der Waals surface area contributed by atoms with Crippen molar-refractivity contribution in [2.24, 2.45) is 11.8 Å². The quantitative estimate of drug-likeness (QED) is 0.532. The molecule has 0 aromatic heterocycles. The Morgan fingerprint density at radius 2 is 2.07 bits per heavy atom. The minimum Gasteiger partial charge on any atom is -0.460 e. The molecule has 0 aliphatic heterocycles. The molecule has 2 atom stereocenters. The van der Waals surface area contributed by atoms with Gasteiger partial charge in [-0.15, -0.1) is 0 Å². The van der Waals surface area contributed by atoms with Crippen molar-refractivity contribution in [2.75, 3.05) is 0 Å². The first kappa shape index (κ1) is 12.2. The highest BCUT2D eigenvalue weighted by atomic mass is 16.6. The zero-order chi connectivity index (χ0) is 11.5. The lowest BCUT2D eigenvalue weighted by Crippen LogP contribution is -2.26. The monoisotopic (exact) mass is 212 g/mol. The minimum atomic E-state index is -0.424. The van der Waals surface area contributed by atoms with Gasteiger partial charge in [0.05, 0.1) is 0 Å². The van der Waals surface area contributed by atoms with Crippen LogP contribution in [0.2, 0.25) is 0 Å². The van der Waals surface area contributed by atoms with E-state index < -0.39 is 5.60 Å². The van der Waals surface area contributed by atoms with E-state index in [1.165, 1.54) is 0 Å². The first-order chi connectivity index (χ1) is 6.92. The number of hydrogen-bond donors (Lipinski definition) is 0. The first-order valence-electron chi connectivity index (χ1n) is 5.59. The molecule has 3 heteroatoms. The van der Waals surface area contributed by atoms with E-state index in [2.05, 4.69) is 0 Å². The molecule has 0 heterocycles. The Hall–Kier alpha value is -0.860. The van der Waals surface area contributed by atoms with Crippen LogP contribution in [0.15, 0.2) is 0 Å². The van der Waals surface area contributed by atoms with Crippen LogP contribution >= 0.6 is 0 Å². The third-order valence-electron chi connectivity index (χ3n) is 2.74. The van der Waals surface area contributed by atoms with Crippen molar-refractivity contribution in [3.63, 3.8) is 0 Å². The van der Waals surface area contributed by atoms with Crippen molar-refractivity contribution in [1.82, 2.24) is 0 Å². The molecule has 0 aromatic rings. The number of esters is 1. The Morgan fingerprint density at radius 3 is 2.60 bits per heavy atom. The van der Waals surface area contributed by atoms with Gasteiger partial charge >= 0.3 is 5.97 Å². The molecule has 1 fully saturated rings. The molecular formula is C12H20O3. The van der Waals surface area contributed by atoms with E-state index >= 15 is 0 Å². The summed E-state index contributed by atoms with van der Waals surface area (Å²) in [6.07, 6.45) is 4.33. The maximum atomic E-state index is 11.5. The van der Waals surface area contributed by atoms with Crippen LogP contribution < -0.4 is 0 Å². The van der Waals surface area contributed by atoms with Crippen LogP contribution in [0.4, 0.5) is 0 Å². The number of hydrogen-bond acceptors (Lipinski definition) is 3. The summed E-state index contributed by atoms with van der Waals surface area (Å²) in [7, 11) is 0. The van der Waals surface area contributed by atoms with E-state index in [0.29, 0.717) is 6.42 Å². The van der Waals surface area contributed by atoms with Gasteiger partial charge in [-0.1, -0.05) is 6.42 Å². The van der Waals surface area contributed by atoms with Crippen LogP contribution in [0, 0.1) is 11.8 Å². The highest BCUT2D eigenvalue weighted by Gasteiger charge is 2.30. The Kier molecular flexibility index (Phi) is 3.89. The normalized spacial score (nSPS) is 26.3. The van der Waals surface area contributed by atoms with Gasteiger partial charge in [0, 0.05) is 12.3 Å². The molecule has 1 rings (SSSR count). The van der Waals surface area contributed by atoms with Gasteiger partial charge in [0.25, 0.3) is 0 Å². The van der Waals surface area contributed by atoms with E-state index in [-0.39, 0.29) is 17.8 Å². The van der Waals surface area contributed by atoms with E-state index in [0.717, 1.165) is 25.5 Å². The standard InChI is InChI=1S/C12H20O3/c1-12(2,3)15-11(14)7-9-5-4-6-10(9)8-13/h8-10H,4-7H2,1-3H3/t9-,10-/m1/s1. The second kappa shape index (κ2) is 4.77. The molecule has 0 spiro atoms. The predicted molar refractivity (Wildman–Crippen MR) is 57.4 cm³/mol. The summed E-state index contributed by atoms with van der Waals surface area (Å²) in [5.74, 6) is 0.0936. The molecule has 0 N–H and O–H groups in total. The Bertz CT molecular complexity index is 240. The van der Waals surface area contributed by atoms with Crippen LogP contribution in [-0.2, 0) is 14.3 Å². The molecular weight excluding hydrogens is 192 g/mol. The zero-order valence-corrected chi connectivity index (χ0v) is 9.79. The van der Waals surface area contributed by atoms with Crippen LogP contribution in [0.3, 0.4) is 0 Å². The van der Waals surface area contributed by atoms with Gasteiger partial charge in [0.15, 0.2) is 0 Å². The smallest absolute Gasteiger partial charge is 0.306 e. The van der Waals surface area contributed by atoms with E-state index in [4.69, 9.17) is 4.74 Å². The Balaban J connectivity index is 2.41. The lowest BCUT2D eigenvalue weighted by atomic mass is 9.94. The summed E-state index contributed by atoms with van der Waals surface area (Å²) in [5.41, 5.74) is -0.424. The number of ether oxygens (including phenoxy) is 1. The van der Waals surface area contributed by atoms with Crippen LogP contribution in [0.25, 0.3) is 0 Å². The maximum Gasteiger partial charge on any atom is 0.306 e. The van der Waals surface area contributed by atoms with Crippen LogP contribution in [0.5, 0.6) is 0 Å². The molecule has 0 radical (unpaired) electrons. The summed E-state index contributed by atoms with van der Waals surface area (Å²) in [6, 6.07) is 0. The SMILES string of the molecule is CC(C)(C)OC(=O)C[C@H]1CCC[C@@H]1C=O. The number of carbonyl (C=O) groups is 2. The molecule has 0 unspecified atom stereocenters. The van der Waals surface area contributed by atoms with Gasteiger partial charge in [0.2, 0.25) is 0 Å². The van der Waals surface area contributed by atoms with Gasteiger partial charge in [-0.3, -0.25) is 4.79 Å². The minimum absolute atomic E-state index is 0.0671. The summed E-state index contributed by atoms with van der Waals surface area (Å²) in [6.45, 7) is 5.57. The number of aldehydes is 1. The first-order valence-corrected chi connectivity index (χ1v) is 5.59. The lowest BCUT2D eigenvalue weighted by molar-refractivity contribution is -0.156. The lowest BCUT2D eigenvalue weighted by Gasteiger charge is -2.21. The topological polar surface area (TPSA) is 43.4 Å². The van der Waals surface area contributed by atoms with E-state index in [9.17, 15) is 9.59 Å². The molecule has 0 bridgehead atoms. The molecule has 1 saturated carbocycles. The molecule has 3 nitrogen and oxygen atoms in total. The average molecular weight is 212 g/mol. The largest absolute Gasteiger partial charge is 0.460 e. The van der Waals surface area contributed by atoms with Crippen molar-refractivity contribution < 1.29 is 14.3 Å². The van der Waals surface area contributed by atoms with Crippen molar-refractivity contribution in [3.05, 3.63) is 0 Å². The maximum absolute atomic E-state index is 11.5. The van der Waals surface area contributed by atoms with Gasteiger partial charge in [-0.2, -0.15) is 0 Å². The number of rotatable bonds is 3. The molecule has 86 valence electrons. The third kappa shape index (κ3) is 4.02. The summed E-state index contributed by atoms with van der Waals surface area (Å²) in [4.78, 5) is 22.3. The second-order valence-electron chi connectivity index (χ2n) is 5.28. The molecule has 1 aliphatic carbocycles. The molecule has 0 amide bonds.